The summed E-state index contributed by atoms with van der Waals surface area (Å²) in [4.78, 5) is 0. The summed E-state index contributed by atoms with van der Waals surface area (Å²) < 4.78 is 51.4. The Morgan fingerprint density at radius 3 is 2.08 bits per heavy atom. The van der Waals surface area contributed by atoms with E-state index in [1.165, 1.54) is 0 Å². The van der Waals surface area contributed by atoms with E-state index in [0.29, 0.717) is 6.61 Å². The molecule has 2 saturated heterocycles. The van der Waals surface area contributed by atoms with Crippen LogP contribution in [0.15, 0.2) is 0 Å². The lowest BCUT2D eigenvalue weighted by Crippen LogP contribution is -2.40. The van der Waals surface area contributed by atoms with Gasteiger partial charge in [-0.2, -0.15) is 0 Å². The van der Waals surface area contributed by atoms with Crippen molar-refractivity contribution in [3.8, 4) is 0 Å². The summed E-state index contributed by atoms with van der Waals surface area (Å²) in [6.07, 6.45) is -1.18. The van der Waals surface area contributed by atoms with Crippen LogP contribution in [0, 0.1) is 0 Å². The minimum Gasteiger partial charge on any atom is -0.348 e. The van der Waals surface area contributed by atoms with Crippen molar-refractivity contribution in [1.82, 2.24) is 0 Å². The molecule has 0 radical (unpaired) electrons. The molecule has 0 aliphatic carbocycles. The van der Waals surface area contributed by atoms with E-state index in [1.54, 1.807) is 13.8 Å². The summed E-state index contributed by atoms with van der Waals surface area (Å²) in [5, 5.41) is 0. The summed E-state index contributed by atoms with van der Waals surface area (Å²) in [5.41, 5.74) is 0. The van der Waals surface area contributed by atoms with Crippen molar-refractivity contribution < 1.29 is 37.1 Å². The predicted octanol–water partition coefficient (Wildman–Crippen LogP) is 2.86. The number of phosphoric acid groups is 1. The van der Waals surface area contributed by atoms with Crippen molar-refractivity contribution in [2.45, 2.75) is 71.4 Å². The second-order valence-electron chi connectivity index (χ2n) is 6.58. The SMILES string of the molecule is CCOP(=O)(OCC)OC[C@@H]1OC(C)(C)O[C@H]1[C@H]1COC(C)(C)O1. The van der Waals surface area contributed by atoms with Crippen LogP contribution in [0.25, 0.3) is 0 Å². The predicted molar refractivity (Wildman–Crippen MR) is 85.5 cm³/mol. The van der Waals surface area contributed by atoms with Crippen molar-refractivity contribution in [2.75, 3.05) is 26.4 Å². The van der Waals surface area contributed by atoms with Crippen LogP contribution in [0.3, 0.4) is 0 Å². The van der Waals surface area contributed by atoms with Crippen LogP contribution in [0.5, 0.6) is 0 Å². The molecule has 0 aromatic rings. The summed E-state index contributed by atoms with van der Waals surface area (Å²) in [5.74, 6) is -1.46. The van der Waals surface area contributed by atoms with Crippen molar-refractivity contribution in [2.24, 2.45) is 0 Å². The molecule has 3 atom stereocenters. The van der Waals surface area contributed by atoms with E-state index >= 15 is 0 Å². The summed E-state index contributed by atoms with van der Waals surface area (Å²) in [7, 11) is -3.60. The Balaban J connectivity index is 2.02. The third-order valence-corrected chi connectivity index (χ3v) is 5.20. The quantitative estimate of drug-likeness (QED) is 0.605. The minimum atomic E-state index is -3.60. The van der Waals surface area contributed by atoms with Crippen LogP contribution < -0.4 is 0 Å². The number of phosphoric ester groups is 1. The Kier molecular flexibility index (Phi) is 6.48. The van der Waals surface area contributed by atoms with Crippen LogP contribution >= 0.6 is 7.82 Å². The molecule has 9 heteroatoms. The van der Waals surface area contributed by atoms with Gasteiger partial charge in [0.25, 0.3) is 0 Å². The van der Waals surface area contributed by atoms with Crippen LogP contribution in [0.1, 0.15) is 41.5 Å². The van der Waals surface area contributed by atoms with Crippen LogP contribution in [-0.2, 0) is 37.1 Å². The van der Waals surface area contributed by atoms with Crippen LogP contribution in [0.4, 0.5) is 0 Å². The molecule has 0 bridgehead atoms. The molecular formula is C15H29O8P. The fourth-order valence-electron chi connectivity index (χ4n) is 2.78. The van der Waals surface area contributed by atoms with Gasteiger partial charge in [-0.3, -0.25) is 13.6 Å². The van der Waals surface area contributed by atoms with Crippen LogP contribution in [0.2, 0.25) is 0 Å². The minimum absolute atomic E-state index is 0.00562. The standard InChI is InChI=1S/C15H29O8P/c1-7-18-24(16,19-8-2)20-10-12-13(23-15(5,6)22-12)11-9-17-14(3,4)21-11/h11-13H,7-10H2,1-6H3/t11-,12+,13+/m1/s1. The zero-order valence-corrected chi connectivity index (χ0v) is 16.2. The fraction of sp³-hybridized carbons (Fsp3) is 1.00. The molecule has 0 spiro atoms. The van der Waals surface area contributed by atoms with Gasteiger partial charge in [0.2, 0.25) is 0 Å². The van der Waals surface area contributed by atoms with Gasteiger partial charge in [0, 0.05) is 0 Å². The van der Waals surface area contributed by atoms with Crippen molar-refractivity contribution in [1.29, 1.82) is 0 Å². The van der Waals surface area contributed by atoms with E-state index in [4.69, 9.17) is 32.5 Å². The molecule has 8 nitrogen and oxygen atoms in total. The molecule has 0 saturated carbocycles. The van der Waals surface area contributed by atoms with Crippen LogP contribution in [-0.4, -0.2) is 56.3 Å². The Labute approximate surface area is 143 Å². The Morgan fingerprint density at radius 2 is 1.58 bits per heavy atom. The molecule has 0 aromatic heterocycles. The molecule has 0 unspecified atom stereocenters. The Hall–Kier alpha value is -0.0500. The highest BCUT2D eigenvalue weighted by Gasteiger charge is 2.50. The molecule has 0 N–H and O–H groups in total. The van der Waals surface area contributed by atoms with Gasteiger partial charge in [0.15, 0.2) is 11.6 Å². The van der Waals surface area contributed by atoms with Gasteiger partial charge in [-0.15, -0.1) is 0 Å². The number of hydrogen-bond donors (Lipinski definition) is 0. The number of rotatable bonds is 8. The van der Waals surface area contributed by atoms with E-state index in [1.807, 2.05) is 27.7 Å². The lowest BCUT2D eigenvalue weighted by molar-refractivity contribution is -0.175. The summed E-state index contributed by atoms with van der Waals surface area (Å²) in [6.45, 7) is 11.6. The van der Waals surface area contributed by atoms with Gasteiger partial charge in [0.05, 0.1) is 26.4 Å². The first-order chi connectivity index (χ1) is 11.1. The Morgan fingerprint density at radius 1 is 0.958 bits per heavy atom. The average molecular weight is 368 g/mol. The maximum Gasteiger partial charge on any atom is 0.474 e. The molecular weight excluding hydrogens is 339 g/mol. The highest BCUT2D eigenvalue weighted by atomic mass is 31.2. The summed E-state index contributed by atoms with van der Waals surface area (Å²) in [6, 6.07) is 0. The monoisotopic (exact) mass is 368 g/mol. The fourth-order valence-corrected chi connectivity index (χ4v) is 3.96. The topological polar surface area (TPSA) is 81.7 Å². The highest BCUT2D eigenvalue weighted by molar-refractivity contribution is 7.48. The third-order valence-electron chi connectivity index (χ3n) is 3.59. The maximum atomic E-state index is 12.4. The lowest BCUT2D eigenvalue weighted by atomic mass is 10.1. The van der Waals surface area contributed by atoms with Gasteiger partial charge in [-0.05, 0) is 41.5 Å². The average Bonchev–Trinajstić information content (AvgIpc) is 2.96. The van der Waals surface area contributed by atoms with Gasteiger partial charge >= 0.3 is 7.82 Å². The molecule has 0 amide bonds. The van der Waals surface area contributed by atoms with Gasteiger partial charge in [0.1, 0.15) is 18.3 Å². The van der Waals surface area contributed by atoms with Crippen molar-refractivity contribution in [3.05, 3.63) is 0 Å². The first-order valence-electron chi connectivity index (χ1n) is 8.31. The number of ether oxygens (including phenoxy) is 4. The molecule has 2 aliphatic rings. The van der Waals surface area contributed by atoms with E-state index in [-0.39, 0.29) is 25.9 Å². The van der Waals surface area contributed by atoms with Gasteiger partial charge in [-0.1, -0.05) is 0 Å². The van der Waals surface area contributed by atoms with Gasteiger partial charge in [-0.25, -0.2) is 4.57 Å². The largest absolute Gasteiger partial charge is 0.474 e. The molecule has 24 heavy (non-hydrogen) atoms. The van der Waals surface area contributed by atoms with Crippen molar-refractivity contribution in [3.63, 3.8) is 0 Å². The Bertz CT molecular complexity index is 456. The second kappa shape index (κ2) is 7.68. The summed E-state index contributed by atoms with van der Waals surface area (Å²) >= 11 is 0. The van der Waals surface area contributed by atoms with E-state index in [2.05, 4.69) is 0 Å². The molecule has 2 fully saturated rings. The molecule has 2 aliphatic heterocycles. The third kappa shape index (κ3) is 5.22. The lowest BCUT2D eigenvalue weighted by Gasteiger charge is -2.24. The first kappa shape index (κ1) is 20.3. The molecule has 2 rings (SSSR count). The zero-order chi connectivity index (χ0) is 18.0. The normalized spacial score (nSPS) is 32.3. The van der Waals surface area contributed by atoms with E-state index < -0.39 is 31.6 Å². The zero-order valence-electron chi connectivity index (χ0n) is 15.3. The van der Waals surface area contributed by atoms with E-state index in [9.17, 15) is 4.57 Å². The number of hydrogen-bond acceptors (Lipinski definition) is 8. The first-order valence-corrected chi connectivity index (χ1v) is 9.77. The smallest absolute Gasteiger partial charge is 0.348 e. The highest BCUT2D eigenvalue weighted by Crippen LogP contribution is 2.50. The molecule has 2 heterocycles. The molecule has 0 aromatic carbocycles. The second-order valence-corrected chi connectivity index (χ2v) is 8.25. The van der Waals surface area contributed by atoms with Gasteiger partial charge < -0.3 is 18.9 Å². The van der Waals surface area contributed by atoms with Crippen molar-refractivity contribution >= 4 is 7.82 Å². The maximum absolute atomic E-state index is 12.4. The van der Waals surface area contributed by atoms with E-state index in [0.717, 1.165) is 0 Å². The molecule has 142 valence electrons.